The van der Waals surface area contributed by atoms with Crippen LogP contribution in [0, 0.1) is 21.5 Å². The van der Waals surface area contributed by atoms with Gasteiger partial charge in [-0.2, -0.15) is 5.10 Å². The van der Waals surface area contributed by atoms with E-state index in [9.17, 15) is 9.00 Å². The molecule has 1 N–H and O–H groups in total. The molecule has 8 nitrogen and oxygen atoms in total. The molecule has 0 unspecified atom stereocenters. The van der Waals surface area contributed by atoms with Gasteiger partial charge in [-0.3, -0.25) is 0 Å². The zero-order valence-corrected chi connectivity index (χ0v) is 21.2. The summed E-state index contributed by atoms with van der Waals surface area (Å²) in [6, 6.07) is 8.41. The number of urea groups is 1. The van der Waals surface area contributed by atoms with E-state index in [-0.39, 0.29) is 6.03 Å². The maximum atomic E-state index is 13.0. The van der Waals surface area contributed by atoms with E-state index in [4.69, 9.17) is 9.88 Å². The molecule has 9 heteroatoms. The first-order valence-corrected chi connectivity index (χ1v) is 14.9. The van der Waals surface area contributed by atoms with E-state index in [0.717, 1.165) is 51.3 Å². The molecular formula is C26H34N6O2S. The number of carbonyl (C=O) groups is 1. The highest BCUT2D eigenvalue weighted by Crippen LogP contribution is 2.56. The lowest BCUT2D eigenvalue weighted by molar-refractivity contribution is -0.107. The summed E-state index contributed by atoms with van der Waals surface area (Å²) in [4.78, 5) is 22.2. The van der Waals surface area contributed by atoms with Crippen LogP contribution in [0.25, 0.3) is 0 Å². The SMILES string of the molecule is C[S@](=N)(=O)c1ccc(CC2CC3(C2)CN(C(=O)N2CC4(CC(n5cnc(C6CC6)n5)C4)C2)C3)cc1. The fourth-order valence-electron chi connectivity index (χ4n) is 7.16. The molecule has 3 aliphatic carbocycles. The van der Waals surface area contributed by atoms with Crippen LogP contribution in [-0.4, -0.2) is 67.2 Å². The van der Waals surface area contributed by atoms with Crippen LogP contribution in [0.4, 0.5) is 4.79 Å². The number of carbonyl (C=O) groups excluding carboxylic acids is 1. The largest absolute Gasteiger partial charge is 0.323 e. The Hall–Kier alpha value is -2.42. The van der Waals surface area contributed by atoms with E-state index in [1.807, 2.05) is 30.6 Å². The second kappa shape index (κ2) is 7.31. The highest BCUT2D eigenvalue weighted by molar-refractivity contribution is 7.91. The number of benzene rings is 1. The number of aromatic nitrogens is 3. The quantitative estimate of drug-likeness (QED) is 0.682. The Morgan fingerprint density at radius 3 is 2.20 bits per heavy atom. The van der Waals surface area contributed by atoms with Crippen molar-refractivity contribution in [3.05, 3.63) is 42.0 Å². The van der Waals surface area contributed by atoms with Gasteiger partial charge in [-0.25, -0.2) is 23.4 Å². The van der Waals surface area contributed by atoms with Crippen molar-refractivity contribution in [2.24, 2.45) is 16.7 Å². The molecule has 1 atom stereocenters. The van der Waals surface area contributed by atoms with E-state index in [2.05, 4.69) is 19.5 Å². The molecule has 3 saturated carbocycles. The monoisotopic (exact) mass is 494 g/mol. The number of likely N-dealkylation sites (tertiary alicyclic amines) is 2. The van der Waals surface area contributed by atoms with E-state index < -0.39 is 9.73 Å². The topological polar surface area (TPSA) is 95.2 Å². The minimum atomic E-state index is -2.64. The van der Waals surface area contributed by atoms with Crippen molar-refractivity contribution in [3.63, 3.8) is 0 Å². The molecule has 0 bridgehead atoms. The second-order valence-corrected chi connectivity index (χ2v) is 14.5. The van der Waals surface area contributed by atoms with Crippen molar-refractivity contribution in [1.82, 2.24) is 24.6 Å². The Labute approximate surface area is 207 Å². The van der Waals surface area contributed by atoms with Crippen LogP contribution < -0.4 is 0 Å². The molecule has 7 rings (SSSR count). The van der Waals surface area contributed by atoms with Gasteiger partial charge in [0.05, 0.1) is 15.8 Å². The molecule has 2 amide bonds. The van der Waals surface area contributed by atoms with Crippen LogP contribution >= 0.6 is 0 Å². The van der Waals surface area contributed by atoms with Gasteiger partial charge < -0.3 is 9.80 Å². The fraction of sp³-hybridized carbons (Fsp3) is 0.654. The van der Waals surface area contributed by atoms with Crippen molar-refractivity contribution in [1.29, 1.82) is 4.78 Å². The van der Waals surface area contributed by atoms with Gasteiger partial charge in [0.1, 0.15) is 6.33 Å². The van der Waals surface area contributed by atoms with Crippen molar-refractivity contribution < 1.29 is 9.00 Å². The third-order valence-electron chi connectivity index (χ3n) is 9.17. The molecule has 1 aromatic heterocycles. The van der Waals surface area contributed by atoms with Crippen molar-refractivity contribution in [3.8, 4) is 0 Å². The maximum Gasteiger partial charge on any atom is 0.320 e. The van der Waals surface area contributed by atoms with Gasteiger partial charge in [0.25, 0.3) is 0 Å². The average molecular weight is 495 g/mol. The Morgan fingerprint density at radius 1 is 1.03 bits per heavy atom. The third-order valence-corrected chi connectivity index (χ3v) is 10.3. The van der Waals surface area contributed by atoms with Crippen LogP contribution in [0.1, 0.15) is 61.9 Å². The number of nitrogens with one attached hydrogen (secondary N) is 1. The highest BCUT2D eigenvalue weighted by Gasteiger charge is 2.58. The molecule has 1 aromatic carbocycles. The normalized spacial score (nSPS) is 26.5. The fourth-order valence-corrected chi connectivity index (χ4v) is 7.82. The molecule has 2 saturated heterocycles. The summed E-state index contributed by atoms with van der Waals surface area (Å²) in [6.45, 7) is 3.62. The van der Waals surface area contributed by atoms with Gasteiger partial charge in [0.15, 0.2) is 5.82 Å². The van der Waals surface area contributed by atoms with E-state index >= 15 is 0 Å². The second-order valence-electron chi connectivity index (χ2n) is 12.4. The Bertz CT molecular complexity index is 1250. The lowest BCUT2D eigenvalue weighted by Crippen LogP contribution is -2.71. The zero-order chi connectivity index (χ0) is 24.0. The number of amides is 2. The van der Waals surface area contributed by atoms with Crippen molar-refractivity contribution in [2.75, 3.05) is 32.4 Å². The number of rotatable bonds is 5. The minimum absolute atomic E-state index is 0.235. The molecule has 2 spiro atoms. The standard InChI is InChI=1S/C26H34N6O2S/c1-35(27,34)22-6-2-18(3-7-22)8-19-9-25(10-19)13-30(14-25)24(33)31-15-26(16-31)11-21(12-26)32-17-28-23(29-32)20-4-5-20/h2-3,6-7,17,19-21,27H,4-5,8-16H2,1H3/t35-/m0/s1. The lowest BCUT2D eigenvalue weighted by Gasteiger charge is -2.63. The summed E-state index contributed by atoms with van der Waals surface area (Å²) < 4.78 is 21.6. The van der Waals surface area contributed by atoms with Gasteiger partial charge in [-0.15, -0.1) is 0 Å². The molecule has 3 heterocycles. The minimum Gasteiger partial charge on any atom is -0.323 e. The smallest absolute Gasteiger partial charge is 0.320 e. The van der Waals surface area contributed by atoms with Crippen LogP contribution in [-0.2, 0) is 16.1 Å². The molecular weight excluding hydrogens is 460 g/mol. The molecule has 2 aliphatic heterocycles. The zero-order valence-electron chi connectivity index (χ0n) is 20.4. The summed E-state index contributed by atoms with van der Waals surface area (Å²) in [7, 11) is -2.64. The predicted octanol–water partition coefficient (Wildman–Crippen LogP) is 3.90. The maximum absolute atomic E-state index is 13.0. The Balaban J connectivity index is 0.844. The van der Waals surface area contributed by atoms with Gasteiger partial charge >= 0.3 is 6.03 Å². The highest BCUT2D eigenvalue weighted by atomic mass is 32.2. The average Bonchev–Trinajstić information content (AvgIpc) is 3.44. The van der Waals surface area contributed by atoms with E-state index in [1.54, 1.807) is 0 Å². The van der Waals surface area contributed by atoms with Gasteiger partial charge in [-0.05, 0) is 68.6 Å². The Kier molecular flexibility index (Phi) is 4.56. The number of hydrogen-bond donors (Lipinski definition) is 1. The van der Waals surface area contributed by atoms with Gasteiger partial charge in [-0.1, -0.05) is 12.1 Å². The van der Waals surface area contributed by atoms with Gasteiger partial charge in [0.2, 0.25) is 0 Å². The first-order chi connectivity index (χ1) is 16.7. The van der Waals surface area contributed by atoms with Crippen LogP contribution in [0.5, 0.6) is 0 Å². The van der Waals surface area contributed by atoms with E-state index in [1.165, 1.54) is 37.5 Å². The summed E-state index contributed by atoms with van der Waals surface area (Å²) in [5, 5.41) is 4.70. The summed E-state index contributed by atoms with van der Waals surface area (Å²) in [5.41, 5.74) is 1.91. The third kappa shape index (κ3) is 3.77. The molecule has 186 valence electrons. The number of hydrogen-bond acceptors (Lipinski definition) is 5. The summed E-state index contributed by atoms with van der Waals surface area (Å²) in [5.74, 6) is 2.29. The molecule has 0 radical (unpaired) electrons. The summed E-state index contributed by atoms with van der Waals surface area (Å²) >= 11 is 0. The predicted molar refractivity (Wildman–Crippen MR) is 132 cm³/mol. The van der Waals surface area contributed by atoms with Crippen LogP contribution in [0.15, 0.2) is 35.5 Å². The van der Waals surface area contributed by atoms with Crippen LogP contribution in [0.3, 0.4) is 0 Å². The Morgan fingerprint density at radius 2 is 1.63 bits per heavy atom. The summed E-state index contributed by atoms with van der Waals surface area (Å²) in [6.07, 6.45) is 11.5. The lowest BCUT2D eigenvalue weighted by atomic mass is 9.56. The first kappa shape index (κ1) is 21.8. The molecule has 5 fully saturated rings. The molecule has 2 aromatic rings. The first-order valence-electron chi connectivity index (χ1n) is 13.0. The van der Waals surface area contributed by atoms with Gasteiger partial charge in [0, 0.05) is 54.1 Å². The molecule has 5 aliphatic rings. The molecule has 35 heavy (non-hydrogen) atoms. The van der Waals surface area contributed by atoms with Crippen LogP contribution in [0.2, 0.25) is 0 Å². The number of nitrogens with zero attached hydrogens (tertiary/aromatic N) is 5. The van der Waals surface area contributed by atoms with Crippen molar-refractivity contribution in [2.45, 2.75) is 61.8 Å². The van der Waals surface area contributed by atoms with Crippen molar-refractivity contribution >= 4 is 15.8 Å². The van der Waals surface area contributed by atoms with E-state index in [0.29, 0.717) is 33.6 Å².